The number of hydrogen-bond acceptors (Lipinski definition) is 4. The van der Waals surface area contributed by atoms with E-state index in [0.717, 1.165) is 24.6 Å². The van der Waals surface area contributed by atoms with Crippen molar-refractivity contribution in [2.45, 2.75) is 26.1 Å². The lowest BCUT2D eigenvalue weighted by Crippen LogP contribution is -2.35. The Morgan fingerprint density at radius 1 is 0.828 bits per heavy atom. The molecule has 1 atom stereocenters. The number of methoxy groups -OCH3 is 1. The number of ether oxygens (including phenoxy) is 2. The number of para-hydroxylation sites is 1. The molecule has 152 valence electrons. The summed E-state index contributed by atoms with van der Waals surface area (Å²) in [5.74, 6) is 1.61. The van der Waals surface area contributed by atoms with Gasteiger partial charge in [0.2, 0.25) is 0 Å². The Hall–Kier alpha value is -2.82. The van der Waals surface area contributed by atoms with Crippen molar-refractivity contribution in [2.75, 3.05) is 20.3 Å². The van der Waals surface area contributed by atoms with Gasteiger partial charge in [0.15, 0.2) is 0 Å². The molecule has 4 heteroatoms. The SMILES string of the molecule is COc1ccc(CN(Cc2cccc(C)c2)CC(O)COc2ccccc2)cc1. The molecule has 0 saturated heterocycles. The van der Waals surface area contributed by atoms with Crippen LogP contribution in [0.25, 0.3) is 0 Å². The van der Waals surface area contributed by atoms with Crippen LogP contribution in [0.15, 0.2) is 78.9 Å². The van der Waals surface area contributed by atoms with Crippen molar-refractivity contribution in [3.8, 4) is 11.5 Å². The second-order valence-corrected chi connectivity index (χ2v) is 7.28. The largest absolute Gasteiger partial charge is 0.497 e. The molecule has 0 aliphatic heterocycles. The van der Waals surface area contributed by atoms with Crippen molar-refractivity contribution in [1.82, 2.24) is 4.90 Å². The van der Waals surface area contributed by atoms with Crippen LogP contribution in [0.1, 0.15) is 16.7 Å². The fraction of sp³-hybridized carbons (Fsp3) is 0.280. The molecule has 3 rings (SSSR count). The van der Waals surface area contributed by atoms with Gasteiger partial charge in [0.1, 0.15) is 24.2 Å². The summed E-state index contributed by atoms with van der Waals surface area (Å²) in [6.07, 6.45) is -0.585. The van der Waals surface area contributed by atoms with Crippen molar-refractivity contribution in [1.29, 1.82) is 0 Å². The maximum absolute atomic E-state index is 10.6. The van der Waals surface area contributed by atoms with E-state index in [9.17, 15) is 5.11 Å². The van der Waals surface area contributed by atoms with Crippen molar-refractivity contribution in [3.63, 3.8) is 0 Å². The van der Waals surface area contributed by atoms with Gasteiger partial charge in [-0.25, -0.2) is 0 Å². The summed E-state index contributed by atoms with van der Waals surface area (Å²) in [5.41, 5.74) is 3.64. The van der Waals surface area contributed by atoms with Crippen molar-refractivity contribution < 1.29 is 14.6 Å². The molecule has 3 aromatic rings. The van der Waals surface area contributed by atoms with Gasteiger partial charge in [-0.3, -0.25) is 4.90 Å². The molecule has 0 spiro atoms. The lowest BCUT2D eigenvalue weighted by molar-refractivity contribution is 0.0628. The topological polar surface area (TPSA) is 41.9 Å². The predicted octanol–water partition coefficient (Wildman–Crippen LogP) is 4.45. The molecule has 0 aromatic heterocycles. The van der Waals surface area contributed by atoms with Crippen molar-refractivity contribution >= 4 is 0 Å². The van der Waals surface area contributed by atoms with Crippen LogP contribution in [0.3, 0.4) is 0 Å². The summed E-state index contributed by atoms with van der Waals surface area (Å²) in [6, 6.07) is 26.1. The second kappa shape index (κ2) is 10.6. The minimum absolute atomic E-state index is 0.261. The number of rotatable bonds is 10. The first-order valence-electron chi connectivity index (χ1n) is 9.89. The summed E-state index contributed by atoms with van der Waals surface area (Å²) in [5, 5.41) is 10.6. The molecule has 0 saturated carbocycles. The van der Waals surface area contributed by atoms with E-state index < -0.39 is 6.10 Å². The van der Waals surface area contributed by atoms with Crippen LogP contribution in [0.5, 0.6) is 11.5 Å². The minimum Gasteiger partial charge on any atom is -0.497 e. The first kappa shape index (κ1) is 20.9. The Morgan fingerprint density at radius 2 is 1.55 bits per heavy atom. The maximum atomic E-state index is 10.6. The molecule has 3 aromatic carbocycles. The molecule has 1 N–H and O–H groups in total. The Morgan fingerprint density at radius 3 is 2.24 bits per heavy atom. The summed E-state index contributed by atoms with van der Waals surface area (Å²) in [4.78, 5) is 2.25. The number of hydrogen-bond donors (Lipinski definition) is 1. The average molecular weight is 392 g/mol. The van der Waals surface area contributed by atoms with E-state index in [1.54, 1.807) is 7.11 Å². The van der Waals surface area contributed by atoms with Crippen LogP contribution in [0.2, 0.25) is 0 Å². The van der Waals surface area contributed by atoms with Gasteiger partial charge in [-0.15, -0.1) is 0 Å². The second-order valence-electron chi connectivity index (χ2n) is 7.28. The lowest BCUT2D eigenvalue weighted by Gasteiger charge is -2.25. The normalized spacial score (nSPS) is 12.0. The average Bonchev–Trinajstić information content (AvgIpc) is 2.73. The third-order valence-electron chi connectivity index (χ3n) is 4.71. The number of aryl methyl sites for hydroxylation is 1. The molecule has 0 aliphatic carbocycles. The van der Waals surface area contributed by atoms with Crippen molar-refractivity contribution in [3.05, 3.63) is 95.6 Å². The molecule has 29 heavy (non-hydrogen) atoms. The molecule has 4 nitrogen and oxygen atoms in total. The molecule has 0 radical (unpaired) electrons. The first-order chi connectivity index (χ1) is 14.1. The zero-order valence-corrected chi connectivity index (χ0v) is 17.1. The molecule has 0 bridgehead atoms. The third kappa shape index (κ3) is 6.93. The Kier molecular flexibility index (Phi) is 7.68. The maximum Gasteiger partial charge on any atom is 0.119 e. The highest BCUT2D eigenvalue weighted by Crippen LogP contribution is 2.16. The fourth-order valence-electron chi connectivity index (χ4n) is 3.30. The van der Waals surface area contributed by atoms with E-state index in [2.05, 4.69) is 48.2 Å². The van der Waals surface area contributed by atoms with Crippen LogP contribution in [0, 0.1) is 6.92 Å². The smallest absolute Gasteiger partial charge is 0.119 e. The van der Waals surface area contributed by atoms with E-state index in [0.29, 0.717) is 6.54 Å². The van der Waals surface area contributed by atoms with E-state index in [4.69, 9.17) is 9.47 Å². The van der Waals surface area contributed by atoms with E-state index in [-0.39, 0.29) is 6.61 Å². The van der Waals surface area contributed by atoms with Crippen LogP contribution < -0.4 is 9.47 Å². The highest BCUT2D eigenvalue weighted by Gasteiger charge is 2.14. The summed E-state index contributed by atoms with van der Waals surface area (Å²) in [6.45, 7) is 4.38. The van der Waals surface area contributed by atoms with Crippen LogP contribution in [-0.2, 0) is 13.1 Å². The van der Waals surface area contributed by atoms with Gasteiger partial charge in [-0.2, -0.15) is 0 Å². The predicted molar refractivity (Wildman–Crippen MR) is 116 cm³/mol. The Bertz CT molecular complexity index is 865. The summed E-state index contributed by atoms with van der Waals surface area (Å²) < 4.78 is 11.0. The van der Waals surface area contributed by atoms with Gasteiger partial charge >= 0.3 is 0 Å². The number of benzene rings is 3. The minimum atomic E-state index is -0.585. The highest BCUT2D eigenvalue weighted by atomic mass is 16.5. The molecule has 1 unspecified atom stereocenters. The zero-order valence-electron chi connectivity index (χ0n) is 17.1. The molecule has 0 heterocycles. The molecular formula is C25H29NO3. The molecular weight excluding hydrogens is 362 g/mol. The van der Waals surface area contributed by atoms with Crippen LogP contribution in [0.4, 0.5) is 0 Å². The zero-order chi connectivity index (χ0) is 20.5. The molecule has 0 amide bonds. The van der Waals surface area contributed by atoms with Gasteiger partial charge in [-0.05, 0) is 42.3 Å². The summed E-state index contributed by atoms with van der Waals surface area (Å²) in [7, 11) is 1.67. The van der Waals surface area contributed by atoms with Gasteiger partial charge in [-0.1, -0.05) is 60.2 Å². The third-order valence-corrected chi connectivity index (χ3v) is 4.71. The van der Waals surface area contributed by atoms with Gasteiger partial charge in [0, 0.05) is 19.6 Å². The molecule has 0 aliphatic rings. The highest BCUT2D eigenvalue weighted by molar-refractivity contribution is 5.27. The fourth-order valence-corrected chi connectivity index (χ4v) is 3.30. The Balaban J connectivity index is 1.65. The van der Waals surface area contributed by atoms with Crippen LogP contribution in [-0.4, -0.2) is 36.4 Å². The Labute approximate surface area is 173 Å². The van der Waals surface area contributed by atoms with E-state index in [1.165, 1.54) is 16.7 Å². The van der Waals surface area contributed by atoms with Gasteiger partial charge in [0.05, 0.1) is 7.11 Å². The number of aliphatic hydroxyl groups excluding tert-OH is 1. The number of nitrogens with zero attached hydrogens (tertiary/aromatic N) is 1. The van der Waals surface area contributed by atoms with Crippen molar-refractivity contribution in [2.24, 2.45) is 0 Å². The lowest BCUT2D eigenvalue weighted by atomic mass is 10.1. The standard InChI is InChI=1S/C25H29NO3/c1-20-7-6-8-22(15-20)17-26(16-21-11-13-24(28-2)14-12-21)18-23(27)19-29-25-9-4-3-5-10-25/h3-15,23,27H,16-19H2,1-2H3. The van der Waals surface area contributed by atoms with Gasteiger partial charge < -0.3 is 14.6 Å². The monoisotopic (exact) mass is 391 g/mol. The number of aliphatic hydroxyl groups is 1. The van der Waals surface area contributed by atoms with E-state index >= 15 is 0 Å². The van der Waals surface area contributed by atoms with Crippen LogP contribution >= 0.6 is 0 Å². The first-order valence-corrected chi connectivity index (χ1v) is 9.89. The van der Waals surface area contributed by atoms with E-state index in [1.807, 2.05) is 42.5 Å². The summed E-state index contributed by atoms with van der Waals surface area (Å²) >= 11 is 0. The molecule has 0 fully saturated rings. The quantitative estimate of drug-likeness (QED) is 0.555. The van der Waals surface area contributed by atoms with Gasteiger partial charge in [0.25, 0.3) is 0 Å².